The summed E-state index contributed by atoms with van der Waals surface area (Å²) in [5.41, 5.74) is 0. The zero-order chi connectivity index (χ0) is 14.7. The Morgan fingerprint density at radius 1 is 1.43 bits per heavy atom. The maximum absolute atomic E-state index is 5.76. The molecule has 2 N–H and O–H groups in total. The molecule has 6 heteroatoms. The third-order valence-corrected chi connectivity index (χ3v) is 4.75. The smallest absolute Gasteiger partial charge is 0.244 e. The summed E-state index contributed by atoms with van der Waals surface area (Å²) in [6.07, 6.45) is 4.90. The molecule has 0 aliphatic carbocycles. The van der Waals surface area contributed by atoms with Crippen LogP contribution in [-0.2, 0) is 4.74 Å². The van der Waals surface area contributed by atoms with Crippen molar-refractivity contribution in [2.24, 2.45) is 5.92 Å². The van der Waals surface area contributed by atoms with Gasteiger partial charge in [-0.15, -0.1) is 5.10 Å². The average molecular weight is 293 g/mol. The van der Waals surface area contributed by atoms with Crippen molar-refractivity contribution in [3.05, 3.63) is 5.82 Å². The molecule has 0 amide bonds. The lowest BCUT2D eigenvalue weighted by Crippen LogP contribution is -2.39. The molecular formula is C15H27N5O. The van der Waals surface area contributed by atoms with Gasteiger partial charge >= 0.3 is 0 Å². The largest absolute Gasteiger partial charge is 0.377 e. The molecule has 118 valence electrons. The quantitative estimate of drug-likeness (QED) is 0.862. The highest BCUT2D eigenvalue weighted by molar-refractivity contribution is 5.30. The summed E-state index contributed by atoms with van der Waals surface area (Å²) in [6.45, 7) is 6.20. The summed E-state index contributed by atoms with van der Waals surface area (Å²) in [6, 6.07) is 0. The van der Waals surface area contributed by atoms with E-state index in [0.717, 1.165) is 50.9 Å². The summed E-state index contributed by atoms with van der Waals surface area (Å²) in [4.78, 5) is 7.09. The number of H-pyrrole nitrogens is 1. The van der Waals surface area contributed by atoms with E-state index >= 15 is 0 Å². The Hall–Kier alpha value is -1.14. The van der Waals surface area contributed by atoms with E-state index in [-0.39, 0.29) is 0 Å². The first-order valence-corrected chi connectivity index (χ1v) is 8.25. The highest BCUT2D eigenvalue weighted by atomic mass is 16.5. The zero-order valence-corrected chi connectivity index (χ0v) is 13.1. The van der Waals surface area contributed by atoms with Crippen LogP contribution in [0.25, 0.3) is 0 Å². The van der Waals surface area contributed by atoms with E-state index in [2.05, 4.69) is 27.3 Å². The highest BCUT2D eigenvalue weighted by Crippen LogP contribution is 2.32. The molecule has 2 aliphatic heterocycles. The van der Waals surface area contributed by atoms with Crippen molar-refractivity contribution in [2.75, 3.05) is 38.2 Å². The topological polar surface area (TPSA) is 66.1 Å². The van der Waals surface area contributed by atoms with Crippen molar-refractivity contribution >= 4 is 5.95 Å². The normalized spacial score (nSPS) is 30.0. The maximum Gasteiger partial charge on any atom is 0.244 e. The van der Waals surface area contributed by atoms with E-state index in [9.17, 15) is 0 Å². The first-order chi connectivity index (χ1) is 10.3. The molecule has 2 fully saturated rings. The summed E-state index contributed by atoms with van der Waals surface area (Å²) in [7, 11) is 2.02. The lowest BCUT2D eigenvalue weighted by molar-refractivity contribution is 0.0994. The second-order valence-electron chi connectivity index (χ2n) is 6.25. The summed E-state index contributed by atoms with van der Waals surface area (Å²) in [5, 5.41) is 10.9. The van der Waals surface area contributed by atoms with Crippen LogP contribution in [0.1, 0.15) is 44.3 Å². The summed E-state index contributed by atoms with van der Waals surface area (Å²) < 4.78 is 5.76. The van der Waals surface area contributed by atoms with Crippen LogP contribution in [-0.4, -0.2) is 54.6 Å². The zero-order valence-electron chi connectivity index (χ0n) is 13.1. The Morgan fingerprint density at radius 3 is 3.14 bits per heavy atom. The summed E-state index contributed by atoms with van der Waals surface area (Å²) in [5.74, 6) is 2.95. The number of hydrogen-bond acceptors (Lipinski definition) is 5. The predicted octanol–water partition coefficient (Wildman–Crippen LogP) is 1.52. The number of ether oxygens (including phenoxy) is 1. The van der Waals surface area contributed by atoms with Crippen LogP contribution in [0.2, 0.25) is 0 Å². The maximum atomic E-state index is 5.76. The van der Waals surface area contributed by atoms with Crippen LogP contribution in [0.5, 0.6) is 0 Å². The number of hydrogen-bond donors (Lipinski definition) is 2. The third-order valence-electron chi connectivity index (χ3n) is 4.75. The van der Waals surface area contributed by atoms with Gasteiger partial charge in [0.2, 0.25) is 5.95 Å². The molecule has 2 aliphatic rings. The number of nitrogens with zero attached hydrogens (tertiary/aromatic N) is 3. The number of piperidine rings is 1. The van der Waals surface area contributed by atoms with Gasteiger partial charge in [-0.1, -0.05) is 6.92 Å². The van der Waals surface area contributed by atoms with Gasteiger partial charge in [-0.25, -0.2) is 0 Å². The van der Waals surface area contributed by atoms with Crippen LogP contribution in [0.4, 0.5) is 5.95 Å². The van der Waals surface area contributed by atoms with Crippen molar-refractivity contribution in [3.63, 3.8) is 0 Å². The fraction of sp³-hybridized carbons (Fsp3) is 0.867. The number of aromatic amines is 1. The third kappa shape index (κ3) is 3.21. The van der Waals surface area contributed by atoms with Gasteiger partial charge < -0.3 is 15.0 Å². The van der Waals surface area contributed by atoms with Crippen molar-refractivity contribution in [2.45, 2.75) is 44.6 Å². The van der Waals surface area contributed by atoms with E-state index in [1.807, 2.05) is 7.05 Å². The standard InChI is InChI=1S/C15H27N5O/c1-3-13-12(6-8-21-13)14-17-15(19-18-14)20-7-4-5-11(10-20)9-16-2/h11-13,16H,3-10H2,1-2H3,(H,17,18,19). The van der Waals surface area contributed by atoms with Gasteiger partial charge in [0.25, 0.3) is 0 Å². The Bertz CT molecular complexity index is 447. The van der Waals surface area contributed by atoms with Crippen molar-refractivity contribution in [1.82, 2.24) is 20.5 Å². The predicted molar refractivity (Wildman–Crippen MR) is 82.6 cm³/mol. The second kappa shape index (κ2) is 6.75. The molecule has 0 spiro atoms. The minimum absolute atomic E-state index is 0.296. The number of nitrogens with one attached hydrogen (secondary N) is 2. The second-order valence-corrected chi connectivity index (χ2v) is 6.25. The van der Waals surface area contributed by atoms with Gasteiger partial charge in [0, 0.05) is 25.6 Å². The Labute approximate surface area is 126 Å². The first kappa shape index (κ1) is 14.8. The minimum Gasteiger partial charge on any atom is -0.377 e. The van der Waals surface area contributed by atoms with Gasteiger partial charge in [0.1, 0.15) is 5.82 Å². The Kier molecular flexibility index (Phi) is 4.75. The molecule has 3 unspecified atom stereocenters. The van der Waals surface area contributed by atoms with Crippen LogP contribution < -0.4 is 10.2 Å². The SMILES string of the molecule is CCC1OCCC1c1nc(N2CCCC(CNC)C2)n[nH]1. The van der Waals surface area contributed by atoms with E-state index in [4.69, 9.17) is 9.72 Å². The Morgan fingerprint density at radius 2 is 2.33 bits per heavy atom. The lowest BCUT2D eigenvalue weighted by atomic mass is 9.98. The molecule has 1 aromatic rings. The van der Waals surface area contributed by atoms with Crippen molar-refractivity contribution < 1.29 is 4.74 Å². The van der Waals surface area contributed by atoms with Crippen LogP contribution in [0.15, 0.2) is 0 Å². The fourth-order valence-electron chi connectivity index (χ4n) is 3.64. The van der Waals surface area contributed by atoms with E-state index in [1.54, 1.807) is 0 Å². The molecule has 0 radical (unpaired) electrons. The van der Waals surface area contributed by atoms with E-state index in [1.165, 1.54) is 12.8 Å². The summed E-state index contributed by atoms with van der Waals surface area (Å²) >= 11 is 0. The van der Waals surface area contributed by atoms with Crippen LogP contribution in [0, 0.1) is 5.92 Å². The van der Waals surface area contributed by atoms with Crippen LogP contribution in [0.3, 0.4) is 0 Å². The molecule has 2 saturated heterocycles. The molecule has 21 heavy (non-hydrogen) atoms. The first-order valence-electron chi connectivity index (χ1n) is 8.25. The molecule has 1 aromatic heterocycles. The molecule has 3 rings (SSSR count). The molecule has 0 bridgehead atoms. The molecule has 6 nitrogen and oxygen atoms in total. The van der Waals surface area contributed by atoms with Crippen LogP contribution >= 0.6 is 0 Å². The highest BCUT2D eigenvalue weighted by Gasteiger charge is 2.31. The molecule has 3 heterocycles. The van der Waals surface area contributed by atoms with Gasteiger partial charge in [-0.2, -0.15) is 4.98 Å². The molecule has 0 aromatic carbocycles. The van der Waals surface area contributed by atoms with Crippen molar-refractivity contribution in [3.8, 4) is 0 Å². The molecular weight excluding hydrogens is 266 g/mol. The Balaban J connectivity index is 1.67. The van der Waals surface area contributed by atoms with Gasteiger partial charge in [0.15, 0.2) is 0 Å². The van der Waals surface area contributed by atoms with Gasteiger partial charge in [0.05, 0.1) is 6.10 Å². The van der Waals surface area contributed by atoms with Crippen molar-refractivity contribution in [1.29, 1.82) is 0 Å². The van der Waals surface area contributed by atoms with Gasteiger partial charge in [-0.05, 0) is 45.2 Å². The van der Waals surface area contributed by atoms with E-state index < -0.39 is 0 Å². The molecule has 3 atom stereocenters. The number of rotatable bonds is 5. The average Bonchev–Trinajstić information content (AvgIpc) is 3.16. The fourth-order valence-corrected chi connectivity index (χ4v) is 3.64. The monoisotopic (exact) mass is 293 g/mol. The number of aromatic nitrogens is 3. The lowest BCUT2D eigenvalue weighted by Gasteiger charge is -2.31. The molecule has 0 saturated carbocycles. The van der Waals surface area contributed by atoms with Gasteiger partial charge in [-0.3, -0.25) is 5.10 Å². The van der Waals surface area contributed by atoms with E-state index in [0.29, 0.717) is 17.9 Å². The minimum atomic E-state index is 0.296. The number of anilines is 1.